The minimum Gasteiger partial charge on any atom is -0.381 e. The normalized spacial score (nSPS) is 18.4. The summed E-state index contributed by atoms with van der Waals surface area (Å²) in [5, 5.41) is 6.42. The third-order valence-electron chi connectivity index (χ3n) is 4.86. The minimum absolute atomic E-state index is 0.0584. The first kappa shape index (κ1) is 18.0. The van der Waals surface area contributed by atoms with E-state index in [9.17, 15) is 4.79 Å². The zero-order valence-electron chi connectivity index (χ0n) is 14.7. The molecule has 1 heterocycles. The minimum atomic E-state index is -0.176. The van der Waals surface area contributed by atoms with Crippen LogP contribution in [0.5, 0.6) is 0 Å². The van der Waals surface area contributed by atoms with Crippen LogP contribution in [-0.4, -0.2) is 38.3 Å². The summed E-state index contributed by atoms with van der Waals surface area (Å²) in [6.45, 7) is 9.29. The quantitative estimate of drug-likeness (QED) is 0.812. The molecule has 0 bridgehead atoms. The summed E-state index contributed by atoms with van der Waals surface area (Å²) >= 11 is 0. The predicted octanol–water partition coefficient (Wildman–Crippen LogP) is 2.55. The van der Waals surface area contributed by atoms with Gasteiger partial charge < -0.3 is 15.4 Å². The Labute approximate surface area is 140 Å². The maximum absolute atomic E-state index is 12.1. The van der Waals surface area contributed by atoms with E-state index >= 15 is 0 Å². The Bertz CT molecular complexity index is 510. The van der Waals surface area contributed by atoms with Gasteiger partial charge in [-0.2, -0.15) is 0 Å². The zero-order valence-corrected chi connectivity index (χ0v) is 14.7. The Morgan fingerprint density at radius 2 is 2.00 bits per heavy atom. The highest BCUT2D eigenvalue weighted by Gasteiger charge is 2.35. The monoisotopic (exact) mass is 318 g/mol. The number of benzene rings is 1. The molecule has 2 rings (SSSR count). The average Bonchev–Trinajstić information content (AvgIpc) is 2.58. The van der Waals surface area contributed by atoms with Crippen molar-refractivity contribution in [2.75, 3.05) is 26.3 Å². The molecule has 1 aromatic carbocycles. The summed E-state index contributed by atoms with van der Waals surface area (Å²) < 4.78 is 5.59. The number of rotatable bonds is 7. The molecule has 23 heavy (non-hydrogen) atoms. The highest BCUT2D eigenvalue weighted by molar-refractivity contribution is 5.81. The number of aryl methyl sites for hydroxylation is 1. The van der Waals surface area contributed by atoms with E-state index in [0.717, 1.165) is 45.6 Å². The van der Waals surface area contributed by atoms with Crippen LogP contribution >= 0.6 is 0 Å². The van der Waals surface area contributed by atoms with Crippen molar-refractivity contribution < 1.29 is 9.53 Å². The maximum atomic E-state index is 12.1. The molecule has 4 nitrogen and oxygen atoms in total. The highest BCUT2D eigenvalue weighted by Crippen LogP contribution is 2.36. The van der Waals surface area contributed by atoms with E-state index < -0.39 is 0 Å². The Hall–Kier alpha value is -1.39. The lowest BCUT2D eigenvalue weighted by molar-refractivity contribution is -0.122. The molecule has 1 unspecified atom stereocenters. The number of hydrogen-bond donors (Lipinski definition) is 2. The standard InChI is InChI=1S/C19H30N2O2/c1-4-11-20-18(22)16(3)21-14-19(9-12-23-13-10-19)17-8-6-5-7-15(17)2/h5-8,16,21H,4,9-14H2,1-3H3,(H,20,22). The molecule has 1 aromatic rings. The van der Waals surface area contributed by atoms with Crippen molar-refractivity contribution >= 4 is 5.91 Å². The number of amides is 1. The summed E-state index contributed by atoms with van der Waals surface area (Å²) in [5.41, 5.74) is 2.76. The molecule has 1 aliphatic heterocycles. The summed E-state index contributed by atoms with van der Waals surface area (Å²) in [6.07, 6.45) is 2.95. The van der Waals surface area contributed by atoms with Crippen LogP contribution in [0.2, 0.25) is 0 Å². The highest BCUT2D eigenvalue weighted by atomic mass is 16.5. The first-order chi connectivity index (χ1) is 11.1. The van der Waals surface area contributed by atoms with Crippen molar-refractivity contribution in [2.24, 2.45) is 0 Å². The van der Waals surface area contributed by atoms with Gasteiger partial charge in [-0.1, -0.05) is 31.2 Å². The number of hydrogen-bond acceptors (Lipinski definition) is 3. The molecule has 1 atom stereocenters. The van der Waals surface area contributed by atoms with Crippen LogP contribution in [-0.2, 0) is 14.9 Å². The molecule has 0 aromatic heterocycles. The smallest absolute Gasteiger partial charge is 0.236 e. The molecule has 1 saturated heterocycles. The molecular formula is C19H30N2O2. The third-order valence-corrected chi connectivity index (χ3v) is 4.86. The first-order valence-electron chi connectivity index (χ1n) is 8.74. The van der Waals surface area contributed by atoms with Gasteiger partial charge >= 0.3 is 0 Å². The summed E-state index contributed by atoms with van der Waals surface area (Å²) in [4.78, 5) is 12.1. The van der Waals surface area contributed by atoms with Crippen molar-refractivity contribution in [3.63, 3.8) is 0 Å². The molecule has 1 aliphatic rings. The van der Waals surface area contributed by atoms with Gasteiger partial charge in [0.05, 0.1) is 6.04 Å². The van der Waals surface area contributed by atoms with Gasteiger partial charge in [-0.3, -0.25) is 4.79 Å². The fraction of sp³-hybridized carbons (Fsp3) is 0.632. The molecule has 4 heteroatoms. The fourth-order valence-corrected chi connectivity index (χ4v) is 3.31. The maximum Gasteiger partial charge on any atom is 0.236 e. The van der Waals surface area contributed by atoms with E-state index in [2.05, 4.69) is 48.7 Å². The number of carbonyl (C=O) groups is 1. The van der Waals surface area contributed by atoms with Crippen molar-refractivity contribution in [3.05, 3.63) is 35.4 Å². The van der Waals surface area contributed by atoms with E-state index in [0.29, 0.717) is 0 Å². The van der Waals surface area contributed by atoms with Gasteiger partial charge in [0.25, 0.3) is 0 Å². The summed E-state index contributed by atoms with van der Waals surface area (Å²) in [7, 11) is 0. The molecule has 1 fully saturated rings. The molecule has 0 aliphatic carbocycles. The Balaban J connectivity index is 2.08. The lowest BCUT2D eigenvalue weighted by Crippen LogP contribution is -2.50. The molecule has 0 spiro atoms. The molecule has 1 amide bonds. The predicted molar refractivity (Wildman–Crippen MR) is 93.7 cm³/mol. The Morgan fingerprint density at radius 1 is 1.30 bits per heavy atom. The van der Waals surface area contributed by atoms with Crippen LogP contribution in [0.25, 0.3) is 0 Å². The topological polar surface area (TPSA) is 50.4 Å². The Kier molecular flexibility index (Phi) is 6.60. The molecule has 2 N–H and O–H groups in total. The number of ether oxygens (including phenoxy) is 1. The average molecular weight is 318 g/mol. The van der Waals surface area contributed by atoms with Crippen LogP contribution < -0.4 is 10.6 Å². The fourth-order valence-electron chi connectivity index (χ4n) is 3.31. The number of nitrogens with one attached hydrogen (secondary N) is 2. The molecule has 0 radical (unpaired) electrons. The lowest BCUT2D eigenvalue weighted by atomic mass is 9.72. The second-order valence-corrected chi connectivity index (χ2v) is 6.60. The van der Waals surface area contributed by atoms with Crippen molar-refractivity contribution in [2.45, 2.75) is 51.5 Å². The van der Waals surface area contributed by atoms with E-state index in [1.165, 1.54) is 11.1 Å². The van der Waals surface area contributed by atoms with Crippen LogP contribution in [0.1, 0.15) is 44.2 Å². The van der Waals surface area contributed by atoms with Crippen molar-refractivity contribution in [1.82, 2.24) is 10.6 Å². The Morgan fingerprint density at radius 3 is 2.65 bits per heavy atom. The molecule has 128 valence electrons. The van der Waals surface area contributed by atoms with Crippen LogP contribution in [0.4, 0.5) is 0 Å². The van der Waals surface area contributed by atoms with Gasteiger partial charge in [0.15, 0.2) is 0 Å². The molecule has 0 saturated carbocycles. The van der Waals surface area contributed by atoms with Gasteiger partial charge in [-0.25, -0.2) is 0 Å². The van der Waals surface area contributed by atoms with E-state index in [4.69, 9.17) is 4.74 Å². The summed E-state index contributed by atoms with van der Waals surface area (Å²) in [5.74, 6) is 0.0823. The van der Waals surface area contributed by atoms with E-state index in [1.807, 2.05) is 6.92 Å². The van der Waals surface area contributed by atoms with Gasteiger partial charge in [0.2, 0.25) is 5.91 Å². The summed E-state index contributed by atoms with van der Waals surface area (Å²) in [6, 6.07) is 8.41. The third kappa shape index (κ3) is 4.55. The second-order valence-electron chi connectivity index (χ2n) is 6.60. The van der Waals surface area contributed by atoms with Crippen LogP contribution in [0.3, 0.4) is 0 Å². The number of carbonyl (C=O) groups excluding carboxylic acids is 1. The van der Waals surface area contributed by atoms with E-state index in [-0.39, 0.29) is 17.4 Å². The lowest BCUT2D eigenvalue weighted by Gasteiger charge is -2.39. The van der Waals surface area contributed by atoms with Crippen LogP contribution in [0.15, 0.2) is 24.3 Å². The van der Waals surface area contributed by atoms with Crippen molar-refractivity contribution in [1.29, 1.82) is 0 Å². The first-order valence-corrected chi connectivity index (χ1v) is 8.74. The SMILES string of the molecule is CCCNC(=O)C(C)NCC1(c2ccccc2C)CCOCC1. The van der Waals surface area contributed by atoms with Gasteiger partial charge in [0, 0.05) is 31.7 Å². The largest absolute Gasteiger partial charge is 0.381 e. The van der Waals surface area contributed by atoms with Gasteiger partial charge in [0.1, 0.15) is 0 Å². The zero-order chi connectivity index (χ0) is 16.7. The van der Waals surface area contributed by atoms with Crippen molar-refractivity contribution in [3.8, 4) is 0 Å². The second kappa shape index (κ2) is 8.46. The van der Waals surface area contributed by atoms with E-state index in [1.54, 1.807) is 0 Å². The van der Waals surface area contributed by atoms with Gasteiger partial charge in [-0.15, -0.1) is 0 Å². The van der Waals surface area contributed by atoms with Crippen LogP contribution in [0, 0.1) is 6.92 Å². The molecular weight excluding hydrogens is 288 g/mol. The van der Waals surface area contributed by atoms with Gasteiger partial charge in [-0.05, 0) is 44.2 Å².